The Kier molecular flexibility index (Phi) is 9.72. The summed E-state index contributed by atoms with van der Waals surface area (Å²) >= 11 is 0. The zero-order valence-corrected chi connectivity index (χ0v) is 16.8. The molecule has 2 aromatic rings. The van der Waals surface area contributed by atoms with Crippen molar-refractivity contribution in [3.8, 4) is 0 Å². The van der Waals surface area contributed by atoms with Crippen molar-refractivity contribution in [3.63, 3.8) is 0 Å². The maximum absolute atomic E-state index is 12.6. The minimum absolute atomic E-state index is 0.0527. The van der Waals surface area contributed by atoms with Gasteiger partial charge in [-0.1, -0.05) is 30.3 Å². The van der Waals surface area contributed by atoms with Gasteiger partial charge < -0.3 is 19.8 Å². The fraction of sp³-hybridized carbons (Fsp3) is 0.381. The number of hydroxylamine groups is 1. The van der Waals surface area contributed by atoms with Crippen molar-refractivity contribution in [2.75, 3.05) is 20.0 Å². The third kappa shape index (κ3) is 7.78. The van der Waals surface area contributed by atoms with E-state index in [1.807, 2.05) is 37.3 Å². The van der Waals surface area contributed by atoms with E-state index >= 15 is 0 Å². The molecule has 1 aromatic carbocycles. The van der Waals surface area contributed by atoms with Gasteiger partial charge in [-0.15, -0.1) is 0 Å². The van der Waals surface area contributed by atoms with Crippen molar-refractivity contribution in [2.24, 2.45) is 5.92 Å². The number of H-pyrrole nitrogens is 1. The molecule has 0 saturated carbocycles. The van der Waals surface area contributed by atoms with Gasteiger partial charge in [0.1, 0.15) is 6.79 Å². The largest absolute Gasteiger partial charge is 0.356 e. The highest BCUT2D eigenvalue weighted by Crippen LogP contribution is 2.16. The number of benzene rings is 1. The van der Waals surface area contributed by atoms with Crippen LogP contribution in [0.25, 0.3) is 0 Å². The number of rotatable bonds is 12. The van der Waals surface area contributed by atoms with Crippen LogP contribution in [0.2, 0.25) is 0 Å². The van der Waals surface area contributed by atoms with Crippen LogP contribution in [0.4, 0.5) is 0 Å². The predicted octanol–water partition coefficient (Wildman–Crippen LogP) is 1.24. The Morgan fingerprint density at radius 3 is 2.53 bits per heavy atom. The number of nitrogens with one attached hydrogen (secondary N) is 3. The lowest BCUT2D eigenvalue weighted by Gasteiger charge is -2.23. The van der Waals surface area contributed by atoms with Crippen LogP contribution in [-0.4, -0.2) is 48.1 Å². The third-order valence-electron chi connectivity index (χ3n) is 4.45. The third-order valence-corrected chi connectivity index (χ3v) is 4.45. The highest BCUT2D eigenvalue weighted by Gasteiger charge is 2.25. The number of aromatic nitrogens is 1. The number of aromatic amines is 1. The Morgan fingerprint density at radius 2 is 1.90 bits per heavy atom. The Labute approximate surface area is 174 Å². The molecule has 2 unspecified atom stereocenters. The van der Waals surface area contributed by atoms with Gasteiger partial charge in [0.15, 0.2) is 0 Å². The quantitative estimate of drug-likeness (QED) is 0.178. The van der Waals surface area contributed by atoms with Crippen molar-refractivity contribution < 1.29 is 24.3 Å². The molecule has 9 heteroatoms. The van der Waals surface area contributed by atoms with Crippen molar-refractivity contribution in [1.29, 1.82) is 0 Å². The summed E-state index contributed by atoms with van der Waals surface area (Å²) in [6.07, 6.45) is 1.92. The number of hydrogen-bond donors (Lipinski definition) is 4. The van der Waals surface area contributed by atoms with Crippen LogP contribution in [0.5, 0.6) is 0 Å². The SMILES string of the molecule is CCOCOCC(CC(Cc1ccccc1)C(=O)NO)NC(=O)c1ccc(=O)[nH]c1. The molecule has 0 spiro atoms. The van der Waals surface area contributed by atoms with Gasteiger partial charge in [0, 0.05) is 24.8 Å². The van der Waals surface area contributed by atoms with E-state index in [0.717, 1.165) is 5.56 Å². The molecule has 0 saturated heterocycles. The van der Waals surface area contributed by atoms with Crippen LogP contribution in [0.1, 0.15) is 29.3 Å². The van der Waals surface area contributed by atoms with E-state index in [4.69, 9.17) is 14.7 Å². The van der Waals surface area contributed by atoms with Gasteiger partial charge in [0.25, 0.3) is 5.91 Å². The molecule has 30 heavy (non-hydrogen) atoms. The van der Waals surface area contributed by atoms with E-state index in [1.54, 1.807) is 5.48 Å². The molecule has 0 aliphatic heterocycles. The molecule has 2 rings (SSSR count). The average molecular weight is 417 g/mol. The summed E-state index contributed by atoms with van der Waals surface area (Å²) in [5, 5.41) is 12.0. The molecule has 2 atom stereocenters. The van der Waals surface area contributed by atoms with Gasteiger partial charge in [-0.2, -0.15) is 0 Å². The minimum atomic E-state index is -0.603. The number of ether oxygens (including phenoxy) is 2. The first-order chi connectivity index (χ1) is 14.5. The van der Waals surface area contributed by atoms with E-state index in [1.165, 1.54) is 18.3 Å². The van der Waals surface area contributed by atoms with Crippen LogP contribution in [0.15, 0.2) is 53.5 Å². The average Bonchev–Trinajstić information content (AvgIpc) is 2.76. The highest BCUT2D eigenvalue weighted by atomic mass is 16.7. The second-order valence-corrected chi connectivity index (χ2v) is 6.69. The second-order valence-electron chi connectivity index (χ2n) is 6.69. The zero-order valence-electron chi connectivity index (χ0n) is 16.8. The van der Waals surface area contributed by atoms with Gasteiger partial charge in [-0.3, -0.25) is 19.6 Å². The van der Waals surface area contributed by atoms with E-state index in [-0.39, 0.29) is 30.9 Å². The molecule has 2 amide bonds. The zero-order chi connectivity index (χ0) is 21.8. The Balaban J connectivity index is 2.11. The van der Waals surface area contributed by atoms with Crippen molar-refractivity contribution >= 4 is 11.8 Å². The van der Waals surface area contributed by atoms with E-state index < -0.39 is 23.8 Å². The van der Waals surface area contributed by atoms with Gasteiger partial charge in [-0.05, 0) is 31.4 Å². The lowest BCUT2D eigenvalue weighted by molar-refractivity contribution is -0.134. The minimum Gasteiger partial charge on any atom is -0.356 e. The Hall–Kier alpha value is -3.01. The fourth-order valence-electron chi connectivity index (χ4n) is 2.94. The number of carbonyl (C=O) groups excluding carboxylic acids is 2. The summed E-state index contributed by atoms with van der Waals surface area (Å²) in [4.78, 5) is 38.5. The Bertz CT molecular complexity index is 835. The summed E-state index contributed by atoms with van der Waals surface area (Å²) in [5.74, 6) is -1.57. The smallest absolute Gasteiger partial charge is 0.253 e. The normalized spacial score (nSPS) is 12.7. The first-order valence-corrected chi connectivity index (χ1v) is 9.66. The van der Waals surface area contributed by atoms with Crippen LogP contribution in [-0.2, 0) is 20.7 Å². The molecule has 0 bridgehead atoms. The maximum Gasteiger partial charge on any atom is 0.253 e. The lowest BCUT2D eigenvalue weighted by atomic mass is 9.92. The van der Waals surface area contributed by atoms with Gasteiger partial charge in [0.05, 0.1) is 18.2 Å². The fourth-order valence-corrected chi connectivity index (χ4v) is 2.94. The molecular formula is C21H27N3O6. The molecule has 0 fully saturated rings. The number of pyridine rings is 1. The second kappa shape index (κ2) is 12.5. The lowest BCUT2D eigenvalue weighted by Crippen LogP contribution is -2.43. The Morgan fingerprint density at radius 1 is 1.13 bits per heavy atom. The van der Waals surface area contributed by atoms with Crippen LogP contribution in [0.3, 0.4) is 0 Å². The van der Waals surface area contributed by atoms with Crippen molar-refractivity contribution in [1.82, 2.24) is 15.8 Å². The standard InChI is InChI=1S/C21H27N3O6/c1-2-29-14-30-13-18(23-20(26)16-8-9-19(25)22-12-16)11-17(21(27)24-28)10-15-6-4-3-5-7-15/h3-9,12,17-18,28H,2,10-11,13-14H2,1H3,(H,22,25)(H,23,26)(H,24,27). The summed E-state index contributed by atoms with van der Waals surface area (Å²) < 4.78 is 10.6. The molecule has 162 valence electrons. The summed E-state index contributed by atoms with van der Waals surface area (Å²) in [6, 6.07) is 11.5. The summed E-state index contributed by atoms with van der Waals surface area (Å²) in [6.45, 7) is 2.48. The molecule has 4 N–H and O–H groups in total. The summed E-state index contributed by atoms with van der Waals surface area (Å²) in [5.41, 5.74) is 2.58. The first-order valence-electron chi connectivity index (χ1n) is 9.66. The van der Waals surface area contributed by atoms with E-state index in [2.05, 4.69) is 10.3 Å². The molecule has 1 heterocycles. The monoisotopic (exact) mass is 417 g/mol. The van der Waals surface area contributed by atoms with Gasteiger partial charge in [0.2, 0.25) is 11.5 Å². The van der Waals surface area contributed by atoms with Crippen LogP contribution < -0.4 is 16.4 Å². The van der Waals surface area contributed by atoms with Crippen molar-refractivity contribution in [3.05, 3.63) is 70.1 Å². The molecule has 9 nitrogen and oxygen atoms in total. The van der Waals surface area contributed by atoms with E-state index in [9.17, 15) is 14.4 Å². The van der Waals surface area contributed by atoms with E-state index in [0.29, 0.717) is 13.0 Å². The molecule has 0 radical (unpaired) electrons. The maximum atomic E-state index is 12.6. The van der Waals surface area contributed by atoms with Crippen molar-refractivity contribution in [2.45, 2.75) is 25.8 Å². The number of hydrogen-bond acceptors (Lipinski definition) is 6. The van der Waals surface area contributed by atoms with Crippen LogP contribution >= 0.6 is 0 Å². The first kappa shape index (κ1) is 23.3. The molecule has 1 aromatic heterocycles. The van der Waals surface area contributed by atoms with Crippen LogP contribution in [0, 0.1) is 5.92 Å². The number of carbonyl (C=O) groups is 2. The molecular weight excluding hydrogens is 390 g/mol. The summed E-state index contributed by atoms with van der Waals surface area (Å²) in [7, 11) is 0. The van der Waals surface area contributed by atoms with Gasteiger partial charge >= 0.3 is 0 Å². The highest BCUT2D eigenvalue weighted by molar-refractivity contribution is 5.94. The van der Waals surface area contributed by atoms with Gasteiger partial charge in [-0.25, -0.2) is 5.48 Å². The predicted molar refractivity (Wildman–Crippen MR) is 109 cm³/mol. The number of amides is 2. The molecule has 0 aliphatic carbocycles. The topological polar surface area (TPSA) is 130 Å². The molecule has 0 aliphatic rings.